The van der Waals surface area contributed by atoms with Crippen LogP contribution >= 0.6 is 0 Å². The lowest BCUT2D eigenvalue weighted by Gasteiger charge is -2.07. The second-order valence-corrected chi connectivity index (χ2v) is 3.36. The maximum atomic E-state index is 12.5. The molecule has 0 spiro atoms. The summed E-state index contributed by atoms with van der Waals surface area (Å²) in [7, 11) is 0. The van der Waals surface area contributed by atoms with E-state index in [0.29, 0.717) is 0 Å². The van der Waals surface area contributed by atoms with Gasteiger partial charge in [-0.05, 0) is 12.1 Å². The Bertz CT molecular complexity index is 590. The molecule has 88 valence electrons. The van der Waals surface area contributed by atoms with Crippen molar-refractivity contribution < 1.29 is 13.2 Å². The van der Waals surface area contributed by atoms with Gasteiger partial charge in [0.25, 0.3) is 5.56 Å². The Kier molecular flexibility index (Phi) is 2.71. The van der Waals surface area contributed by atoms with Crippen LogP contribution in [0.5, 0.6) is 0 Å². The second-order valence-electron chi connectivity index (χ2n) is 3.36. The molecule has 17 heavy (non-hydrogen) atoms. The van der Waals surface area contributed by atoms with E-state index in [1.807, 2.05) is 0 Å². The van der Waals surface area contributed by atoms with Crippen molar-refractivity contribution in [2.75, 3.05) is 0 Å². The molecular formula is C11H7F3N2O. The molecule has 0 fully saturated rings. The minimum Gasteiger partial charge on any atom is -0.307 e. The van der Waals surface area contributed by atoms with Crippen molar-refractivity contribution in [3.63, 3.8) is 0 Å². The first kappa shape index (κ1) is 11.4. The molecule has 2 rings (SSSR count). The number of hydrogen-bond acceptors (Lipinski definition) is 2. The topological polar surface area (TPSA) is 45.8 Å². The number of halogens is 3. The predicted octanol–water partition coefficient (Wildman–Crippen LogP) is 2.46. The monoisotopic (exact) mass is 240 g/mol. The quantitative estimate of drug-likeness (QED) is 0.832. The number of nitrogens with zero attached hydrogens (tertiary/aromatic N) is 1. The molecule has 1 heterocycles. The van der Waals surface area contributed by atoms with Crippen LogP contribution in [0.1, 0.15) is 5.56 Å². The van der Waals surface area contributed by atoms with Gasteiger partial charge in [0.05, 0.1) is 5.56 Å². The van der Waals surface area contributed by atoms with Crippen LogP contribution in [-0.4, -0.2) is 9.97 Å². The molecule has 0 bridgehead atoms. The first-order chi connectivity index (χ1) is 7.97. The number of aromatic nitrogens is 2. The van der Waals surface area contributed by atoms with E-state index in [9.17, 15) is 18.0 Å². The molecule has 1 aromatic carbocycles. The molecule has 0 saturated carbocycles. The zero-order chi connectivity index (χ0) is 12.5. The average molecular weight is 240 g/mol. The second kappa shape index (κ2) is 4.04. The Morgan fingerprint density at radius 3 is 2.59 bits per heavy atom. The third-order valence-corrected chi connectivity index (χ3v) is 2.13. The van der Waals surface area contributed by atoms with Crippen molar-refractivity contribution in [1.82, 2.24) is 9.97 Å². The van der Waals surface area contributed by atoms with Crippen LogP contribution in [-0.2, 0) is 6.18 Å². The fourth-order valence-electron chi connectivity index (χ4n) is 1.36. The molecule has 0 radical (unpaired) electrons. The van der Waals surface area contributed by atoms with Gasteiger partial charge < -0.3 is 4.98 Å². The molecule has 0 aliphatic carbocycles. The normalized spacial score (nSPS) is 11.5. The van der Waals surface area contributed by atoms with Crippen LogP contribution in [0.4, 0.5) is 13.2 Å². The zero-order valence-electron chi connectivity index (χ0n) is 8.45. The van der Waals surface area contributed by atoms with Crippen LogP contribution in [0.3, 0.4) is 0 Å². The van der Waals surface area contributed by atoms with Crippen LogP contribution in [0.25, 0.3) is 11.4 Å². The van der Waals surface area contributed by atoms with Gasteiger partial charge in [-0.2, -0.15) is 13.2 Å². The zero-order valence-corrected chi connectivity index (χ0v) is 8.45. The van der Waals surface area contributed by atoms with E-state index in [4.69, 9.17) is 0 Å². The minimum atomic E-state index is -4.41. The van der Waals surface area contributed by atoms with Crippen molar-refractivity contribution in [2.24, 2.45) is 0 Å². The number of nitrogens with one attached hydrogen (secondary N) is 1. The number of benzene rings is 1. The highest BCUT2D eigenvalue weighted by atomic mass is 19.4. The molecule has 0 aliphatic rings. The van der Waals surface area contributed by atoms with Gasteiger partial charge in [0.15, 0.2) is 0 Å². The Balaban J connectivity index is 2.51. The molecule has 0 saturated heterocycles. The highest BCUT2D eigenvalue weighted by Gasteiger charge is 2.30. The third kappa shape index (κ3) is 2.52. The van der Waals surface area contributed by atoms with Crippen molar-refractivity contribution in [3.05, 3.63) is 52.4 Å². The maximum absolute atomic E-state index is 12.5. The van der Waals surface area contributed by atoms with Crippen molar-refractivity contribution in [3.8, 4) is 11.4 Å². The van der Waals surface area contributed by atoms with E-state index in [1.165, 1.54) is 24.4 Å². The lowest BCUT2D eigenvalue weighted by atomic mass is 10.1. The summed E-state index contributed by atoms with van der Waals surface area (Å²) in [6.45, 7) is 0. The van der Waals surface area contributed by atoms with Gasteiger partial charge in [0.1, 0.15) is 5.82 Å². The molecule has 1 N–H and O–H groups in total. The highest BCUT2D eigenvalue weighted by molar-refractivity contribution is 5.55. The Hall–Kier alpha value is -2.11. The maximum Gasteiger partial charge on any atom is 0.416 e. The van der Waals surface area contributed by atoms with E-state index in [-0.39, 0.29) is 11.4 Å². The molecule has 3 nitrogen and oxygen atoms in total. The van der Waals surface area contributed by atoms with Crippen LogP contribution in [0.15, 0.2) is 41.3 Å². The standard InChI is InChI=1S/C11H7F3N2O/c12-11(13,14)8-3-1-2-7(6-8)10-15-5-4-9(17)16-10/h1-6H,(H,15,16,17). The van der Waals surface area contributed by atoms with E-state index in [0.717, 1.165) is 12.1 Å². The molecule has 1 aromatic heterocycles. The van der Waals surface area contributed by atoms with Gasteiger partial charge in [-0.3, -0.25) is 4.79 Å². The van der Waals surface area contributed by atoms with Gasteiger partial charge in [0, 0.05) is 17.8 Å². The lowest BCUT2D eigenvalue weighted by Crippen LogP contribution is -2.07. The fraction of sp³-hybridized carbons (Fsp3) is 0.0909. The van der Waals surface area contributed by atoms with E-state index < -0.39 is 17.3 Å². The summed E-state index contributed by atoms with van der Waals surface area (Å²) >= 11 is 0. The molecule has 0 amide bonds. The van der Waals surface area contributed by atoms with Gasteiger partial charge >= 0.3 is 6.18 Å². The molecule has 2 aromatic rings. The van der Waals surface area contributed by atoms with Gasteiger partial charge in [-0.25, -0.2) is 4.98 Å². The highest BCUT2D eigenvalue weighted by Crippen LogP contribution is 2.31. The number of H-pyrrole nitrogens is 1. The van der Waals surface area contributed by atoms with Crippen LogP contribution < -0.4 is 5.56 Å². The minimum absolute atomic E-state index is 0.114. The molecule has 0 unspecified atom stereocenters. The number of alkyl halides is 3. The van der Waals surface area contributed by atoms with E-state index in [2.05, 4.69) is 9.97 Å². The first-order valence-corrected chi connectivity index (χ1v) is 4.70. The lowest BCUT2D eigenvalue weighted by molar-refractivity contribution is -0.137. The summed E-state index contributed by atoms with van der Waals surface area (Å²) in [5, 5.41) is 0. The summed E-state index contributed by atoms with van der Waals surface area (Å²) in [6, 6.07) is 5.82. The summed E-state index contributed by atoms with van der Waals surface area (Å²) < 4.78 is 37.4. The summed E-state index contributed by atoms with van der Waals surface area (Å²) in [5.41, 5.74) is -0.966. The first-order valence-electron chi connectivity index (χ1n) is 4.70. The van der Waals surface area contributed by atoms with Gasteiger partial charge in [-0.1, -0.05) is 12.1 Å². The Labute approximate surface area is 94.0 Å². The Morgan fingerprint density at radius 2 is 1.94 bits per heavy atom. The van der Waals surface area contributed by atoms with Crippen LogP contribution in [0, 0.1) is 0 Å². The SMILES string of the molecule is O=c1ccnc(-c2cccc(C(F)(F)F)c2)[nH]1. The van der Waals surface area contributed by atoms with Gasteiger partial charge in [-0.15, -0.1) is 0 Å². The number of aromatic amines is 1. The molecule has 0 aliphatic heterocycles. The van der Waals surface area contributed by atoms with E-state index >= 15 is 0 Å². The number of hydrogen-bond donors (Lipinski definition) is 1. The van der Waals surface area contributed by atoms with Crippen molar-refractivity contribution in [2.45, 2.75) is 6.18 Å². The largest absolute Gasteiger partial charge is 0.416 e. The third-order valence-electron chi connectivity index (χ3n) is 2.13. The molecule has 6 heteroatoms. The van der Waals surface area contributed by atoms with Gasteiger partial charge in [0.2, 0.25) is 0 Å². The summed E-state index contributed by atoms with van der Waals surface area (Å²) in [6.07, 6.45) is -3.17. The van der Waals surface area contributed by atoms with E-state index in [1.54, 1.807) is 0 Å². The predicted molar refractivity (Wildman–Crippen MR) is 55.3 cm³/mol. The summed E-state index contributed by atoms with van der Waals surface area (Å²) in [4.78, 5) is 17.2. The summed E-state index contributed by atoms with van der Waals surface area (Å²) in [5.74, 6) is 0.114. The van der Waals surface area contributed by atoms with Crippen LogP contribution in [0.2, 0.25) is 0 Å². The van der Waals surface area contributed by atoms with Crippen molar-refractivity contribution >= 4 is 0 Å². The number of rotatable bonds is 1. The average Bonchev–Trinajstić information content (AvgIpc) is 2.28. The Morgan fingerprint density at radius 1 is 1.18 bits per heavy atom. The fourth-order valence-corrected chi connectivity index (χ4v) is 1.36. The molecular weight excluding hydrogens is 233 g/mol. The van der Waals surface area contributed by atoms with Crippen molar-refractivity contribution in [1.29, 1.82) is 0 Å². The molecule has 0 atom stereocenters. The smallest absolute Gasteiger partial charge is 0.307 e.